The predicted octanol–water partition coefficient (Wildman–Crippen LogP) is 7.71. The molecular weight excluding hydrogens is 462 g/mol. The Morgan fingerprint density at radius 1 is 0.607 bits per heavy atom. The van der Waals surface area contributed by atoms with Crippen LogP contribution < -0.4 is 0 Å². The second kappa shape index (κ2) is 7.26. The van der Waals surface area contributed by atoms with Crippen LogP contribution in [-0.2, 0) is 36.0 Å². The summed E-state index contributed by atoms with van der Waals surface area (Å²) < 4.78 is 0. The summed E-state index contributed by atoms with van der Waals surface area (Å²) >= 11 is 14.9. The van der Waals surface area contributed by atoms with Crippen LogP contribution in [0, 0.1) is 27.7 Å². The van der Waals surface area contributed by atoms with Crippen LogP contribution in [0.3, 0.4) is 0 Å². The molecule has 0 bridgehead atoms. The fraction of sp³-hybridized carbons (Fsp3) is 0.360. The second-order valence-corrected chi connectivity index (χ2v) is 9.70. The molecular formula is C25H26Cl2Zr. The molecule has 0 N–H and O–H groups in total. The average Bonchev–Trinajstić information content (AvgIpc) is 3.01. The van der Waals surface area contributed by atoms with Gasteiger partial charge in [-0.15, -0.1) is 23.2 Å². The number of hydrogen-bond donors (Lipinski definition) is 0. The molecule has 2 aromatic rings. The molecule has 144 valence electrons. The van der Waals surface area contributed by atoms with Gasteiger partial charge in [-0.3, -0.25) is 0 Å². The maximum absolute atomic E-state index is 7.44. The Hall–Kier alpha value is -0.617. The Bertz CT molecular complexity index is 963. The molecule has 0 heterocycles. The zero-order chi connectivity index (χ0) is 19.7. The van der Waals surface area contributed by atoms with Crippen molar-refractivity contribution in [2.24, 2.45) is 0 Å². The SMILES string of the molecule is CC1=Cc2c(C)ccc(C)c2C1(Cl)CC1(Cl)C(C)=Cc2c(C)ccc(C)c21.[Zr]. The Kier molecular flexibility index (Phi) is 5.73. The summed E-state index contributed by atoms with van der Waals surface area (Å²) in [5.41, 5.74) is 12.4. The van der Waals surface area contributed by atoms with Crippen molar-refractivity contribution in [2.75, 3.05) is 0 Å². The monoisotopic (exact) mass is 486 g/mol. The van der Waals surface area contributed by atoms with Crippen LogP contribution >= 0.6 is 23.2 Å². The number of halogens is 2. The first-order valence-electron chi connectivity index (χ1n) is 9.56. The predicted molar refractivity (Wildman–Crippen MR) is 119 cm³/mol. The zero-order valence-electron chi connectivity index (χ0n) is 17.4. The Balaban J connectivity index is 0.00000225. The molecule has 0 nitrogen and oxygen atoms in total. The van der Waals surface area contributed by atoms with Gasteiger partial charge >= 0.3 is 0 Å². The van der Waals surface area contributed by atoms with E-state index in [4.69, 9.17) is 23.2 Å². The molecule has 0 spiro atoms. The summed E-state index contributed by atoms with van der Waals surface area (Å²) in [6.45, 7) is 12.9. The molecule has 4 rings (SSSR count). The van der Waals surface area contributed by atoms with Crippen molar-refractivity contribution >= 4 is 35.4 Å². The van der Waals surface area contributed by atoms with Gasteiger partial charge in [0.15, 0.2) is 0 Å². The van der Waals surface area contributed by atoms with Gasteiger partial charge < -0.3 is 0 Å². The van der Waals surface area contributed by atoms with Gasteiger partial charge in [0.2, 0.25) is 0 Å². The second-order valence-electron chi connectivity index (χ2n) is 8.41. The zero-order valence-corrected chi connectivity index (χ0v) is 21.4. The molecule has 0 saturated heterocycles. The van der Waals surface area contributed by atoms with Crippen molar-refractivity contribution in [3.05, 3.63) is 79.9 Å². The Morgan fingerprint density at radius 3 is 1.29 bits per heavy atom. The summed E-state index contributed by atoms with van der Waals surface area (Å²) in [6, 6.07) is 8.72. The Morgan fingerprint density at radius 2 is 0.929 bits per heavy atom. The van der Waals surface area contributed by atoms with Crippen LogP contribution in [-0.4, -0.2) is 0 Å². The van der Waals surface area contributed by atoms with Crippen molar-refractivity contribution in [3.63, 3.8) is 0 Å². The third-order valence-corrected chi connectivity index (χ3v) is 7.84. The van der Waals surface area contributed by atoms with E-state index in [0.29, 0.717) is 6.42 Å². The molecule has 0 aliphatic heterocycles. The molecule has 0 amide bonds. The molecule has 2 atom stereocenters. The summed E-state index contributed by atoms with van der Waals surface area (Å²) in [4.78, 5) is -1.17. The fourth-order valence-corrected chi connectivity index (χ4v) is 6.02. The molecule has 0 aromatic heterocycles. The standard InChI is InChI=1S/C25H26Cl2.Zr/c1-14-7-9-16(3)22-20(14)11-18(5)24(22,26)13-25(27)19(6)12-21-15(2)8-10-17(4)23(21)25;/h7-12H,13H2,1-6H3;. The van der Waals surface area contributed by atoms with E-state index in [0.717, 1.165) is 0 Å². The third-order valence-electron chi connectivity index (χ3n) is 6.60. The largest absolute Gasteiger partial charge is 0.109 e. The van der Waals surface area contributed by atoms with Crippen LogP contribution in [0.15, 0.2) is 35.4 Å². The molecule has 0 fully saturated rings. The molecule has 2 aliphatic rings. The first-order valence-corrected chi connectivity index (χ1v) is 10.3. The van der Waals surface area contributed by atoms with Crippen LogP contribution in [0.4, 0.5) is 0 Å². The van der Waals surface area contributed by atoms with Gasteiger partial charge in [0.25, 0.3) is 0 Å². The summed E-state index contributed by atoms with van der Waals surface area (Å²) in [5, 5.41) is 0. The first-order chi connectivity index (χ1) is 12.6. The van der Waals surface area contributed by atoms with Crippen molar-refractivity contribution in [3.8, 4) is 0 Å². The minimum atomic E-state index is -0.583. The number of aryl methyl sites for hydroxylation is 4. The van der Waals surface area contributed by atoms with Gasteiger partial charge in [-0.25, -0.2) is 0 Å². The summed E-state index contributed by atoms with van der Waals surface area (Å²) in [6.07, 6.45) is 5.16. The van der Waals surface area contributed by atoms with Gasteiger partial charge in [0, 0.05) is 32.6 Å². The number of rotatable bonds is 2. The van der Waals surface area contributed by atoms with Crippen molar-refractivity contribution in [1.82, 2.24) is 0 Å². The van der Waals surface area contributed by atoms with E-state index in [2.05, 4.69) is 78.0 Å². The third kappa shape index (κ3) is 2.96. The maximum atomic E-state index is 7.44. The van der Waals surface area contributed by atoms with Gasteiger partial charge in [-0.1, -0.05) is 36.4 Å². The normalized spacial score (nSPS) is 25.0. The van der Waals surface area contributed by atoms with Crippen molar-refractivity contribution in [1.29, 1.82) is 0 Å². The van der Waals surface area contributed by atoms with Gasteiger partial charge in [-0.2, -0.15) is 0 Å². The summed E-state index contributed by atoms with van der Waals surface area (Å²) in [5.74, 6) is 0. The van der Waals surface area contributed by atoms with Gasteiger partial charge in [0.05, 0.1) is 9.75 Å². The first kappa shape index (κ1) is 22.1. The van der Waals surface area contributed by atoms with E-state index < -0.39 is 9.75 Å². The summed E-state index contributed by atoms with van der Waals surface area (Å²) in [7, 11) is 0. The molecule has 3 heteroatoms. The van der Waals surface area contributed by atoms with E-state index >= 15 is 0 Å². The molecule has 0 radical (unpaired) electrons. The quantitative estimate of drug-likeness (QED) is 0.380. The topological polar surface area (TPSA) is 0 Å². The number of allylic oxidation sites excluding steroid dienone is 2. The van der Waals surface area contributed by atoms with Crippen LogP contribution in [0.2, 0.25) is 0 Å². The molecule has 2 aliphatic carbocycles. The van der Waals surface area contributed by atoms with E-state index in [1.165, 1.54) is 55.7 Å². The minimum Gasteiger partial charge on any atom is -0.109 e. The van der Waals surface area contributed by atoms with E-state index in [-0.39, 0.29) is 26.2 Å². The van der Waals surface area contributed by atoms with Crippen LogP contribution in [0.5, 0.6) is 0 Å². The average molecular weight is 489 g/mol. The molecule has 2 unspecified atom stereocenters. The number of benzene rings is 2. The van der Waals surface area contributed by atoms with Gasteiger partial charge in [0.1, 0.15) is 0 Å². The van der Waals surface area contributed by atoms with E-state index in [1.807, 2.05) is 0 Å². The van der Waals surface area contributed by atoms with Crippen LogP contribution in [0.25, 0.3) is 12.2 Å². The van der Waals surface area contributed by atoms with Crippen LogP contribution in [0.1, 0.15) is 64.8 Å². The van der Waals surface area contributed by atoms with Crippen molar-refractivity contribution < 1.29 is 26.2 Å². The van der Waals surface area contributed by atoms with E-state index in [9.17, 15) is 0 Å². The smallest absolute Gasteiger partial charge is 0.0936 e. The molecule has 0 saturated carbocycles. The van der Waals surface area contributed by atoms with E-state index in [1.54, 1.807) is 0 Å². The molecule has 28 heavy (non-hydrogen) atoms. The molecule has 2 aromatic carbocycles. The maximum Gasteiger partial charge on any atom is 0.0936 e. The number of hydrogen-bond acceptors (Lipinski definition) is 0. The fourth-order valence-electron chi connectivity index (χ4n) is 4.94. The van der Waals surface area contributed by atoms with Crippen molar-refractivity contribution in [2.45, 2.75) is 57.7 Å². The Labute approximate surface area is 198 Å². The van der Waals surface area contributed by atoms with Gasteiger partial charge in [-0.05, 0) is 97.2 Å². The minimum absolute atomic E-state index is 0. The number of fused-ring (bicyclic) bond motifs is 2. The number of alkyl halides is 2.